The number of primary amides is 1. The summed E-state index contributed by atoms with van der Waals surface area (Å²) >= 11 is 9.22. The van der Waals surface area contributed by atoms with Crippen LogP contribution in [0.25, 0.3) is 16.0 Å². The molecule has 586 valence electrons. The van der Waals surface area contributed by atoms with Crippen LogP contribution in [0.5, 0.6) is 11.5 Å². The maximum absolute atomic E-state index is 15.7. The summed E-state index contributed by atoms with van der Waals surface area (Å²) in [6.45, 7) is 12.0. The maximum Gasteiger partial charge on any atom is 0.501 e. The van der Waals surface area contributed by atoms with E-state index in [2.05, 4.69) is 39.7 Å². The predicted molar refractivity (Wildman–Crippen MR) is 412 cm³/mol. The lowest BCUT2D eigenvalue weighted by atomic mass is 9.72. The number of carbonyl (C=O) groups excluding carboxylic acids is 5. The average Bonchev–Trinajstić information content (AvgIpc) is 1.36. The standard InChI is InChI=1S/C78H94ClF3N10O13S4/c1-76(2,3)72(75(99)91-41-55(94)36-67(91)86-74(98)60(43-93)49-18-23-58-64(34-49)105-45-62-71(58)107-47-84-62)87-68(95)14-10-7-11-15-69(96)90-32-30-88(31-33-90)29-27-53(46-106-56-12-8-6-9-13-56)85-61-24-22-57(37-66(61)109(102,103)78(80,81)82)108(100,101)70-42-89(40-54-44-104-65-35-50(73(83)97)19-25-63(65)92(54)70)39-51-26-28-77(4,5)38-59(51)48-16-20-52(79)21-17-48/h6,8-9,12-13,16-25,34-35,37,47,53-55,60,67,70,72,85,93-94H,7,10-11,14-15,26-33,36,38-46H2,1-5H3,(H2,83,97)(H,86,98)(H,87,95)/t53-,54?,55-,60-,67+,70?,72-/m1/s1. The van der Waals surface area contributed by atoms with Crippen molar-refractivity contribution in [3.05, 3.63) is 148 Å². The van der Waals surface area contributed by atoms with Crippen LogP contribution in [0.1, 0.15) is 132 Å². The summed E-state index contributed by atoms with van der Waals surface area (Å²) in [6, 6.07) is 27.1. The second-order valence-electron chi connectivity index (χ2n) is 30.9. The molecule has 6 heterocycles. The lowest BCUT2D eigenvalue weighted by Crippen LogP contribution is -2.64. The van der Waals surface area contributed by atoms with Crippen molar-refractivity contribution in [3.63, 3.8) is 0 Å². The predicted octanol–water partition coefficient (Wildman–Crippen LogP) is 10.5. The lowest BCUT2D eigenvalue weighted by Gasteiger charge is -2.50. The Morgan fingerprint density at radius 2 is 1.60 bits per heavy atom. The third-order valence-corrected chi connectivity index (χ3v) is 27.2. The number of nitrogens with two attached hydrogens (primary N) is 1. The monoisotopic (exact) mass is 1600 g/mol. The Hall–Kier alpha value is -7.81. The zero-order chi connectivity index (χ0) is 77.9. The van der Waals surface area contributed by atoms with Crippen molar-refractivity contribution in [1.29, 1.82) is 0 Å². The molecule has 3 saturated heterocycles. The molecule has 0 saturated carbocycles. The number of rotatable bonds is 27. The number of aromatic nitrogens is 1. The molecule has 6 aromatic rings. The number of halogens is 4. The molecule has 3 fully saturated rings. The molecule has 1 aromatic heterocycles. The van der Waals surface area contributed by atoms with E-state index in [1.165, 1.54) is 46.2 Å². The van der Waals surface area contributed by atoms with E-state index in [9.17, 15) is 42.6 Å². The Balaban J connectivity index is 0.672. The van der Waals surface area contributed by atoms with Crippen molar-refractivity contribution in [1.82, 2.24) is 35.2 Å². The SMILES string of the molecule is CC1(C)CCC(CN2CC3COc4cc(C(N)=O)ccc4N3C(S(=O)(=O)c3ccc(N[C@H](CCN4CCN(C(=O)CCCCCC(=O)N[C@H](C(=O)N5C[C@H](O)C[C@H]5NC(=O)[C@H](CO)c5ccc6c(c5)OCc5ncsc5-6)C(C)(C)C)CC4)CSc4ccccc4)c(S(=O)(=O)C(F)(F)F)c3)C2)=C(c2ccc(Cl)cc2)C1. The fraction of sp³-hybridized carbons (Fsp3) is 0.487. The number of piperazine rings is 2. The van der Waals surface area contributed by atoms with Gasteiger partial charge in [-0.25, -0.2) is 21.8 Å². The number of allylic oxidation sites excluding steroid dienone is 1. The number of ether oxygens (including phenoxy) is 2. The van der Waals surface area contributed by atoms with Gasteiger partial charge in [-0.3, -0.25) is 33.8 Å². The number of β-amino-alcohol motifs (C(OH)–C–C–N with tert-alkyl or cyclic N) is 1. The molecule has 1 aliphatic carbocycles. The smallest absolute Gasteiger partial charge is 0.489 e. The molecule has 5 aliphatic heterocycles. The van der Waals surface area contributed by atoms with Gasteiger partial charge in [0.25, 0.3) is 9.84 Å². The molecule has 0 bridgehead atoms. The van der Waals surface area contributed by atoms with Crippen LogP contribution in [0.4, 0.5) is 24.5 Å². The van der Waals surface area contributed by atoms with Gasteiger partial charge in [0.1, 0.15) is 47.2 Å². The molecule has 109 heavy (non-hydrogen) atoms. The van der Waals surface area contributed by atoms with Gasteiger partial charge in [0, 0.05) is 111 Å². The van der Waals surface area contributed by atoms with Gasteiger partial charge < -0.3 is 56.1 Å². The number of fused-ring (bicyclic) bond motifs is 6. The van der Waals surface area contributed by atoms with Gasteiger partial charge in [-0.05, 0) is 139 Å². The Kier molecular flexibility index (Phi) is 24.9. The molecule has 0 spiro atoms. The lowest BCUT2D eigenvalue weighted by molar-refractivity contribution is -0.142. The molecule has 5 aromatic carbocycles. The van der Waals surface area contributed by atoms with E-state index in [-0.39, 0.29) is 79.9 Å². The highest BCUT2D eigenvalue weighted by atomic mass is 35.5. The highest BCUT2D eigenvalue weighted by Gasteiger charge is 2.51. The normalized spacial score (nSPS) is 20.5. The van der Waals surface area contributed by atoms with Gasteiger partial charge >= 0.3 is 5.51 Å². The summed E-state index contributed by atoms with van der Waals surface area (Å²) in [5.41, 5.74) is 6.06. The first kappa shape index (κ1) is 80.7. The largest absolute Gasteiger partial charge is 0.501 e. The van der Waals surface area contributed by atoms with E-state index in [1.807, 2.05) is 65.6 Å². The Morgan fingerprint density at radius 1 is 0.853 bits per heavy atom. The molecule has 7 N–H and O–H groups in total. The number of anilines is 2. The zero-order valence-corrected chi connectivity index (χ0v) is 65.6. The molecule has 0 radical (unpaired) electrons. The topological polar surface area (TPSA) is 304 Å². The van der Waals surface area contributed by atoms with E-state index in [4.69, 9.17) is 26.8 Å². The number of thiazole rings is 1. The number of aliphatic hydroxyl groups is 2. The summed E-state index contributed by atoms with van der Waals surface area (Å²) in [5, 5.41) is 29.3. The van der Waals surface area contributed by atoms with Crippen molar-refractivity contribution in [2.24, 2.45) is 16.6 Å². The Labute approximate surface area is 647 Å². The first-order chi connectivity index (χ1) is 51.7. The first-order valence-electron chi connectivity index (χ1n) is 36.8. The Morgan fingerprint density at radius 3 is 2.31 bits per heavy atom. The van der Waals surface area contributed by atoms with Crippen molar-refractivity contribution < 1.29 is 73.7 Å². The molecular formula is C78H94ClF3N10O13S4. The number of aliphatic hydroxyl groups excluding tert-OH is 2. The number of amides is 5. The quantitative estimate of drug-likeness (QED) is 0.0206. The van der Waals surface area contributed by atoms with Gasteiger partial charge in [-0.2, -0.15) is 13.2 Å². The fourth-order valence-corrected chi connectivity index (χ4v) is 20.1. The van der Waals surface area contributed by atoms with Crippen molar-refractivity contribution >= 4 is 101 Å². The summed E-state index contributed by atoms with van der Waals surface area (Å²) in [6.07, 6.45) is 2.48. The van der Waals surface area contributed by atoms with Crippen LogP contribution < -0.4 is 36.1 Å². The van der Waals surface area contributed by atoms with Gasteiger partial charge in [0.2, 0.25) is 39.4 Å². The highest BCUT2D eigenvalue weighted by molar-refractivity contribution is 7.99. The van der Waals surface area contributed by atoms with Gasteiger partial charge in [-0.1, -0.05) is 94.6 Å². The summed E-state index contributed by atoms with van der Waals surface area (Å²) in [4.78, 5) is 81.0. The number of alkyl halides is 3. The highest BCUT2D eigenvalue weighted by Crippen LogP contribution is 2.47. The minimum absolute atomic E-state index is 0.0251. The van der Waals surface area contributed by atoms with E-state index in [1.54, 1.807) is 48.2 Å². The second kappa shape index (κ2) is 33.6. The number of nitrogens with zero attached hydrogens (tertiary/aromatic N) is 6. The third kappa shape index (κ3) is 18.7. The second-order valence-corrected chi connectivity index (χ2v) is 37.3. The third-order valence-electron chi connectivity index (χ3n) is 21.4. The number of carbonyl (C=O) groups is 5. The number of nitrogens with one attached hydrogen (secondary N) is 3. The molecular weight excluding hydrogens is 1510 g/mol. The summed E-state index contributed by atoms with van der Waals surface area (Å²) in [5.74, 6) is -2.26. The van der Waals surface area contributed by atoms with Gasteiger partial charge in [-0.15, -0.1) is 23.1 Å². The number of hydrogen-bond donors (Lipinski definition) is 6. The maximum atomic E-state index is 15.7. The molecule has 23 nitrogen and oxygen atoms in total. The summed E-state index contributed by atoms with van der Waals surface area (Å²) in [7, 11) is -11.0. The molecule has 7 atom stereocenters. The molecule has 31 heteroatoms. The number of likely N-dealkylation sites (tertiary alicyclic amines) is 1. The van der Waals surface area contributed by atoms with E-state index in [0.29, 0.717) is 106 Å². The number of hydrogen-bond acceptors (Lipinski definition) is 20. The van der Waals surface area contributed by atoms with Crippen LogP contribution in [0.3, 0.4) is 0 Å². The van der Waals surface area contributed by atoms with Crippen LogP contribution in [0, 0.1) is 10.8 Å². The fourth-order valence-electron chi connectivity index (χ4n) is 15.3. The number of unbranched alkanes of at least 4 members (excludes halogenated alkanes) is 2. The molecule has 5 amide bonds. The van der Waals surface area contributed by atoms with Crippen LogP contribution in [0.15, 0.2) is 135 Å². The number of benzene rings is 5. The number of thioether (sulfide) groups is 1. The van der Waals surface area contributed by atoms with Crippen LogP contribution in [-0.4, -0.2) is 200 Å². The number of sulfone groups is 2. The average molecular weight is 1600 g/mol. The minimum atomic E-state index is -6.23. The van der Waals surface area contributed by atoms with E-state index >= 15 is 21.6 Å². The van der Waals surface area contributed by atoms with Gasteiger partial charge in [0.15, 0.2) is 0 Å². The molecule has 12 rings (SSSR count). The minimum Gasteiger partial charge on any atom is -0.489 e. The van der Waals surface area contributed by atoms with Gasteiger partial charge in [0.05, 0.1) is 57.0 Å². The van der Waals surface area contributed by atoms with Crippen molar-refractivity contribution in [3.8, 4) is 21.9 Å². The molecule has 2 unspecified atom stereocenters. The van der Waals surface area contributed by atoms with Crippen LogP contribution in [-0.2, 0) is 45.5 Å². The zero-order valence-electron chi connectivity index (χ0n) is 61.6. The van der Waals surface area contributed by atoms with Crippen LogP contribution in [0.2, 0.25) is 5.02 Å². The van der Waals surface area contributed by atoms with E-state index in [0.717, 1.165) is 62.7 Å². The van der Waals surface area contributed by atoms with Crippen LogP contribution >= 0.6 is 34.7 Å². The van der Waals surface area contributed by atoms with E-state index < -0.39 is 112 Å². The summed E-state index contributed by atoms with van der Waals surface area (Å²) < 4.78 is 117. The van der Waals surface area contributed by atoms with Crippen molar-refractivity contribution in [2.75, 3.05) is 88.1 Å². The Bertz CT molecular complexity index is 4620. The van der Waals surface area contributed by atoms with Crippen molar-refractivity contribution in [2.45, 2.75) is 167 Å². The first-order valence-corrected chi connectivity index (χ1v) is 42.1. The molecule has 6 aliphatic rings.